The third-order valence-electron chi connectivity index (χ3n) is 2.84. The molecule has 1 aliphatic rings. The fraction of sp³-hybridized carbons (Fsp3) is 0.600. The van der Waals surface area contributed by atoms with Crippen LogP contribution in [0.3, 0.4) is 0 Å². The molecule has 0 bridgehead atoms. The molecule has 6 nitrogen and oxygen atoms in total. The molecule has 17 heavy (non-hydrogen) atoms. The Hall–Kier alpha value is -0.920. The number of hydrogen-bond donors (Lipinski definition) is 2. The molecule has 0 radical (unpaired) electrons. The van der Waals surface area contributed by atoms with Crippen molar-refractivity contribution >= 4 is 27.6 Å². The number of anilines is 2. The molecule has 2 rings (SSSR count). The highest BCUT2D eigenvalue weighted by atomic mass is 79.9. The van der Waals surface area contributed by atoms with Crippen LogP contribution in [0.4, 0.5) is 11.6 Å². The maximum Gasteiger partial charge on any atom is 0.172 e. The van der Waals surface area contributed by atoms with Crippen LogP contribution in [0.15, 0.2) is 10.8 Å². The van der Waals surface area contributed by atoms with Crippen molar-refractivity contribution < 1.29 is 5.11 Å². The number of nitrogens with two attached hydrogens (primary N) is 1. The number of β-amino-alcohol motifs (C(OH)–C–C–N with tert-alkyl or cyclic N) is 1. The summed E-state index contributed by atoms with van der Waals surface area (Å²) in [4.78, 5) is 12.8. The minimum atomic E-state index is 0.207. The SMILES string of the molecule is Nc1ncc(Br)nc1N1CCN(CCO)CC1. The summed E-state index contributed by atoms with van der Waals surface area (Å²) in [5.41, 5.74) is 5.82. The van der Waals surface area contributed by atoms with Gasteiger partial charge in [0.1, 0.15) is 4.60 Å². The number of halogens is 1. The lowest BCUT2D eigenvalue weighted by Gasteiger charge is -2.35. The fourth-order valence-electron chi connectivity index (χ4n) is 1.93. The fourth-order valence-corrected chi connectivity index (χ4v) is 2.20. The molecule has 0 amide bonds. The number of aliphatic hydroxyl groups excluding tert-OH is 1. The Kier molecular flexibility index (Phi) is 4.14. The van der Waals surface area contributed by atoms with Crippen molar-refractivity contribution in [2.45, 2.75) is 0 Å². The Morgan fingerprint density at radius 3 is 2.71 bits per heavy atom. The highest BCUT2D eigenvalue weighted by Gasteiger charge is 2.19. The van der Waals surface area contributed by atoms with Crippen molar-refractivity contribution in [2.75, 3.05) is 50.0 Å². The lowest BCUT2D eigenvalue weighted by molar-refractivity contribution is 0.188. The van der Waals surface area contributed by atoms with Gasteiger partial charge in [-0.3, -0.25) is 4.90 Å². The number of aromatic nitrogens is 2. The summed E-state index contributed by atoms with van der Waals surface area (Å²) >= 11 is 3.30. The minimum Gasteiger partial charge on any atom is -0.395 e. The number of nitrogen functional groups attached to an aromatic ring is 1. The molecule has 3 N–H and O–H groups in total. The van der Waals surface area contributed by atoms with Gasteiger partial charge in [-0.25, -0.2) is 9.97 Å². The van der Waals surface area contributed by atoms with E-state index in [9.17, 15) is 0 Å². The van der Waals surface area contributed by atoms with Gasteiger partial charge in [0.15, 0.2) is 11.6 Å². The van der Waals surface area contributed by atoms with Crippen LogP contribution < -0.4 is 10.6 Å². The zero-order chi connectivity index (χ0) is 12.3. The topological polar surface area (TPSA) is 78.5 Å². The van der Waals surface area contributed by atoms with E-state index < -0.39 is 0 Å². The van der Waals surface area contributed by atoms with Crippen molar-refractivity contribution in [3.05, 3.63) is 10.8 Å². The Morgan fingerprint density at radius 2 is 2.06 bits per heavy atom. The van der Waals surface area contributed by atoms with Gasteiger partial charge >= 0.3 is 0 Å². The number of piperazine rings is 1. The van der Waals surface area contributed by atoms with Crippen LogP contribution in [-0.4, -0.2) is 59.3 Å². The molecule has 0 aliphatic carbocycles. The smallest absolute Gasteiger partial charge is 0.172 e. The maximum absolute atomic E-state index is 8.88. The van der Waals surface area contributed by atoms with Crippen molar-refractivity contribution in [1.82, 2.24) is 14.9 Å². The zero-order valence-corrected chi connectivity index (χ0v) is 11.1. The molecule has 1 aromatic rings. The molecule has 0 saturated carbocycles. The van der Waals surface area contributed by atoms with Gasteiger partial charge in [0.2, 0.25) is 0 Å². The summed E-state index contributed by atoms with van der Waals surface area (Å²) in [6, 6.07) is 0. The summed E-state index contributed by atoms with van der Waals surface area (Å²) in [7, 11) is 0. The molecule has 0 aromatic carbocycles. The van der Waals surface area contributed by atoms with Gasteiger partial charge in [-0.1, -0.05) is 0 Å². The summed E-state index contributed by atoms with van der Waals surface area (Å²) in [6.07, 6.45) is 1.60. The molecular weight excluding hydrogens is 286 g/mol. The lowest BCUT2D eigenvalue weighted by atomic mass is 10.3. The molecule has 1 aromatic heterocycles. The van der Waals surface area contributed by atoms with Crippen LogP contribution in [0.1, 0.15) is 0 Å². The van der Waals surface area contributed by atoms with Gasteiger partial charge in [0.05, 0.1) is 12.8 Å². The van der Waals surface area contributed by atoms with Crippen molar-refractivity contribution in [2.24, 2.45) is 0 Å². The van der Waals surface area contributed by atoms with Crippen LogP contribution in [0.25, 0.3) is 0 Å². The second-order valence-corrected chi connectivity index (χ2v) is 4.77. The second kappa shape index (κ2) is 5.61. The zero-order valence-electron chi connectivity index (χ0n) is 9.51. The van der Waals surface area contributed by atoms with E-state index in [1.54, 1.807) is 6.20 Å². The Morgan fingerprint density at radius 1 is 1.35 bits per heavy atom. The molecule has 94 valence electrons. The quantitative estimate of drug-likeness (QED) is 0.814. The monoisotopic (exact) mass is 301 g/mol. The maximum atomic E-state index is 8.88. The van der Waals surface area contributed by atoms with Crippen LogP contribution in [0.2, 0.25) is 0 Å². The Bertz CT molecular complexity index is 381. The lowest BCUT2D eigenvalue weighted by Crippen LogP contribution is -2.47. The molecule has 7 heteroatoms. The van der Waals surface area contributed by atoms with E-state index >= 15 is 0 Å². The van der Waals surface area contributed by atoms with Crippen LogP contribution in [0.5, 0.6) is 0 Å². The molecule has 0 atom stereocenters. The number of hydrogen-bond acceptors (Lipinski definition) is 6. The largest absolute Gasteiger partial charge is 0.395 e. The van der Waals surface area contributed by atoms with E-state index in [0.717, 1.165) is 38.5 Å². The van der Waals surface area contributed by atoms with Gasteiger partial charge < -0.3 is 15.7 Å². The molecular formula is C10H16BrN5O. The van der Waals surface area contributed by atoms with Gasteiger partial charge in [-0.05, 0) is 15.9 Å². The number of rotatable bonds is 3. The van der Waals surface area contributed by atoms with E-state index in [2.05, 4.69) is 35.7 Å². The van der Waals surface area contributed by atoms with E-state index in [1.165, 1.54) is 0 Å². The number of nitrogens with zero attached hydrogens (tertiary/aromatic N) is 4. The summed E-state index contributed by atoms with van der Waals surface area (Å²) in [5, 5.41) is 8.88. The second-order valence-electron chi connectivity index (χ2n) is 3.95. The van der Waals surface area contributed by atoms with Crippen LogP contribution in [0, 0.1) is 0 Å². The molecule has 1 fully saturated rings. The minimum absolute atomic E-state index is 0.207. The standard InChI is InChI=1S/C10H16BrN5O/c11-8-7-13-9(12)10(14-8)16-3-1-15(2-4-16)5-6-17/h7,17H,1-6H2,(H2,12,13). The highest BCUT2D eigenvalue weighted by Crippen LogP contribution is 2.21. The van der Waals surface area contributed by atoms with Crippen molar-refractivity contribution in [3.8, 4) is 0 Å². The van der Waals surface area contributed by atoms with Gasteiger partial charge in [-0.15, -0.1) is 0 Å². The van der Waals surface area contributed by atoms with Crippen LogP contribution >= 0.6 is 15.9 Å². The van der Waals surface area contributed by atoms with Crippen molar-refractivity contribution in [1.29, 1.82) is 0 Å². The average molecular weight is 302 g/mol. The Labute approximate surface area is 109 Å². The normalized spacial score (nSPS) is 17.4. The van der Waals surface area contributed by atoms with Crippen LogP contribution in [-0.2, 0) is 0 Å². The van der Waals surface area contributed by atoms with E-state index in [0.29, 0.717) is 10.4 Å². The highest BCUT2D eigenvalue weighted by molar-refractivity contribution is 9.10. The molecule has 0 spiro atoms. The van der Waals surface area contributed by atoms with E-state index in [-0.39, 0.29) is 6.61 Å². The summed E-state index contributed by atoms with van der Waals surface area (Å²) in [5.74, 6) is 1.20. The first-order valence-corrected chi connectivity index (χ1v) is 6.36. The first-order valence-electron chi connectivity index (χ1n) is 5.57. The first kappa shape index (κ1) is 12.5. The third-order valence-corrected chi connectivity index (χ3v) is 3.22. The Balaban J connectivity index is 2.02. The van der Waals surface area contributed by atoms with E-state index in [1.807, 2.05) is 0 Å². The summed E-state index contributed by atoms with van der Waals surface area (Å²) in [6.45, 7) is 4.47. The predicted octanol–water partition coefficient (Wildman–Crippen LogP) is -0.0644. The van der Waals surface area contributed by atoms with E-state index in [4.69, 9.17) is 10.8 Å². The van der Waals surface area contributed by atoms with Gasteiger partial charge in [0.25, 0.3) is 0 Å². The van der Waals surface area contributed by atoms with Gasteiger partial charge in [-0.2, -0.15) is 0 Å². The average Bonchev–Trinajstić information content (AvgIpc) is 2.34. The van der Waals surface area contributed by atoms with Crippen molar-refractivity contribution in [3.63, 3.8) is 0 Å². The first-order chi connectivity index (χ1) is 8.20. The van der Waals surface area contributed by atoms with Gasteiger partial charge in [0, 0.05) is 32.7 Å². The third kappa shape index (κ3) is 3.05. The summed E-state index contributed by atoms with van der Waals surface area (Å²) < 4.78 is 0.694. The molecule has 1 saturated heterocycles. The molecule has 2 heterocycles. The predicted molar refractivity (Wildman–Crippen MR) is 69.9 cm³/mol. The molecule has 1 aliphatic heterocycles. The molecule has 0 unspecified atom stereocenters. The number of aliphatic hydroxyl groups is 1.